The molecule has 2 heterocycles. The molecule has 1 fully saturated rings. The van der Waals surface area contributed by atoms with E-state index >= 15 is 0 Å². The number of hydrogen-bond donors (Lipinski definition) is 1. The van der Waals surface area contributed by atoms with Crippen LogP contribution < -0.4 is 10.6 Å². The summed E-state index contributed by atoms with van der Waals surface area (Å²) in [5, 5.41) is 8.50. The molecule has 0 aliphatic carbocycles. The first-order chi connectivity index (χ1) is 8.02. The number of anilines is 1. The SMILES string of the molecule is Cc1nnc(N2CCCC2C)c(C(N)=S)c1C. The summed E-state index contributed by atoms with van der Waals surface area (Å²) in [5.41, 5.74) is 8.66. The second-order valence-electron chi connectivity index (χ2n) is 4.66. The van der Waals surface area contributed by atoms with Crippen molar-refractivity contribution in [2.24, 2.45) is 5.73 Å². The van der Waals surface area contributed by atoms with Crippen LogP contribution in [0, 0.1) is 13.8 Å². The van der Waals surface area contributed by atoms with Crippen LogP contribution in [-0.2, 0) is 0 Å². The van der Waals surface area contributed by atoms with E-state index in [1.165, 1.54) is 12.8 Å². The predicted molar refractivity (Wildman–Crippen MR) is 73.4 cm³/mol. The monoisotopic (exact) mass is 250 g/mol. The zero-order valence-corrected chi connectivity index (χ0v) is 11.3. The lowest BCUT2D eigenvalue weighted by molar-refractivity contribution is 0.717. The molecule has 0 spiro atoms. The van der Waals surface area contributed by atoms with E-state index in [4.69, 9.17) is 18.0 Å². The molecular weight excluding hydrogens is 232 g/mol. The number of thiocarbonyl (C=S) groups is 1. The van der Waals surface area contributed by atoms with Crippen molar-refractivity contribution in [1.29, 1.82) is 0 Å². The van der Waals surface area contributed by atoms with E-state index in [0.29, 0.717) is 11.0 Å². The Balaban J connectivity index is 2.53. The molecule has 1 unspecified atom stereocenters. The molecule has 1 aromatic heterocycles. The molecule has 0 amide bonds. The molecule has 1 aliphatic heterocycles. The Hall–Kier alpha value is -1.23. The largest absolute Gasteiger partial charge is 0.389 e. The van der Waals surface area contributed by atoms with E-state index in [1.54, 1.807) is 0 Å². The third-order valence-electron chi connectivity index (χ3n) is 3.51. The molecule has 0 saturated carbocycles. The average molecular weight is 250 g/mol. The third kappa shape index (κ3) is 2.11. The maximum atomic E-state index is 5.83. The number of nitrogens with zero attached hydrogens (tertiary/aromatic N) is 3. The summed E-state index contributed by atoms with van der Waals surface area (Å²) >= 11 is 5.15. The van der Waals surface area contributed by atoms with Gasteiger partial charge in [-0.3, -0.25) is 0 Å². The first-order valence-corrected chi connectivity index (χ1v) is 6.33. The van der Waals surface area contributed by atoms with Gasteiger partial charge in [0, 0.05) is 12.6 Å². The Morgan fingerprint density at radius 2 is 2.12 bits per heavy atom. The van der Waals surface area contributed by atoms with Gasteiger partial charge in [0.1, 0.15) is 4.99 Å². The summed E-state index contributed by atoms with van der Waals surface area (Å²) < 4.78 is 0. The van der Waals surface area contributed by atoms with E-state index in [-0.39, 0.29) is 0 Å². The molecule has 17 heavy (non-hydrogen) atoms. The minimum Gasteiger partial charge on any atom is -0.389 e. The van der Waals surface area contributed by atoms with Crippen LogP contribution >= 0.6 is 12.2 Å². The Morgan fingerprint density at radius 1 is 1.41 bits per heavy atom. The standard InChI is InChI=1S/C12H18N4S/c1-7-5-4-6-16(7)12-10(11(13)17)8(2)9(3)14-15-12/h7H,4-6H2,1-3H3,(H2,13,17). The maximum Gasteiger partial charge on any atom is 0.162 e. The van der Waals surface area contributed by atoms with Crippen molar-refractivity contribution in [2.45, 2.75) is 39.7 Å². The highest BCUT2D eigenvalue weighted by Crippen LogP contribution is 2.28. The fraction of sp³-hybridized carbons (Fsp3) is 0.583. The predicted octanol–water partition coefficient (Wildman–Crippen LogP) is 1.72. The van der Waals surface area contributed by atoms with Crippen molar-refractivity contribution in [3.05, 3.63) is 16.8 Å². The van der Waals surface area contributed by atoms with Gasteiger partial charge in [-0.05, 0) is 39.2 Å². The smallest absolute Gasteiger partial charge is 0.162 e. The minimum absolute atomic E-state index is 0.412. The summed E-state index contributed by atoms with van der Waals surface area (Å²) in [6.45, 7) is 7.14. The van der Waals surface area contributed by atoms with E-state index in [9.17, 15) is 0 Å². The normalized spacial score (nSPS) is 19.7. The topological polar surface area (TPSA) is 55.0 Å². The van der Waals surface area contributed by atoms with Crippen molar-refractivity contribution < 1.29 is 0 Å². The lowest BCUT2D eigenvalue weighted by Gasteiger charge is -2.25. The van der Waals surface area contributed by atoms with Gasteiger partial charge < -0.3 is 10.6 Å². The van der Waals surface area contributed by atoms with Crippen molar-refractivity contribution in [3.8, 4) is 0 Å². The minimum atomic E-state index is 0.412. The van der Waals surface area contributed by atoms with Gasteiger partial charge in [0.2, 0.25) is 0 Å². The highest BCUT2D eigenvalue weighted by Gasteiger charge is 2.26. The summed E-state index contributed by atoms with van der Waals surface area (Å²) in [7, 11) is 0. The Morgan fingerprint density at radius 3 is 2.65 bits per heavy atom. The van der Waals surface area contributed by atoms with Crippen LogP contribution in [0.2, 0.25) is 0 Å². The molecular formula is C12H18N4S. The molecule has 2 N–H and O–H groups in total. The highest BCUT2D eigenvalue weighted by molar-refractivity contribution is 7.80. The fourth-order valence-electron chi connectivity index (χ4n) is 2.34. The van der Waals surface area contributed by atoms with Crippen molar-refractivity contribution in [1.82, 2.24) is 10.2 Å². The highest BCUT2D eigenvalue weighted by atomic mass is 32.1. The molecule has 92 valence electrons. The van der Waals surface area contributed by atoms with E-state index in [0.717, 1.165) is 29.2 Å². The van der Waals surface area contributed by atoms with E-state index < -0.39 is 0 Å². The fourth-order valence-corrected chi connectivity index (χ4v) is 2.58. The molecule has 0 bridgehead atoms. The van der Waals surface area contributed by atoms with Gasteiger partial charge in [0.05, 0.1) is 11.3 Å². The molecule has 4 nitrogen and oxygen atoms in total. The second kappa shape index (κ2) is 4.56. The summed E-state index contributed by atoms with van der Waals surface area (Å²) in [5.74, 6) is 0.852. The van der Waals surface area contributed by atoms with Crippen LogP contribution in [-0.4, -0.2) is 27.8 Å². The first kappa shape index (κ1) is 12.2. The molecule has 5 heteroatoms. The molecule has 1 atom stereocenters. The molecule has 1 saturated heterocycles. The van der Waals surface area contributed by atoms with Crippen LogP contribution in [0.4, 0.5) is 5.82 Å². The number of nitrogens with two attached hydrogens (primary N) is 1. The van der Waals surface area contributed by atoms with Crippen LogP contribution in [0.15, 0.2) is 0 Å². The van der Waals surface area contributed by atoms with Gasteiger partial charge in [-0.15, -0.1) is 5.10 Å². The quantitative estimate of drug-likeness (QED) is 0.810. The summed E-state index contributed by atoms with van der Waals surface area (Å²) in [4.78, 5) is 2.67. The molecule has 1 aromatic rings. The first-order valence-electron chi connectivity index (χ1n) is 5.92. The molecule has 2 rings (SSSR count). The second-order valence-corrected chi connectivity index (χ2v) is 5.10. The zero-order chi connectivity index (χ0) is 12.6. The summed E-state index contributed by atoms with van der Waals surface area (Å²) in [6.07, 6.45) is 2.37. The molecule has 0 aromatic carbocycles. The Kier molecular flexibility index (Phi) is 3.28. The molecule has 0 radical (unpaired) electrons. The maximum absolute atomic E-state index is 5.83. The number of rotatable bonds is 2. The Labute approximate surface area is 107 Å². The third-order valence-corrected chi connectivity index (χ3v) is 3.71. The average Bonchev–Trinajstić information content (AvgIpc) is 2.67. The number of aryl methyl sites for hydroxylation is 1. The molecule has 1 aliphatic rings. The van der Waals surface area contributed by atoms with Gasteiger partial charge in [-0.1, -0.05) is 12.2 Å². The zero-order valence-electron chi connectivity index (χ0n) is 10.5. The lowest BCUT2D eigenvalue weighted by atomic mass is 10.1. The van der Waals surface area contributed by atoms with Gasteiger partial charge in [0.15, 0.2) is 5.82 Å². The van der Waals surface area contributed by atoms with Crippen LogP contribution in [0.25, 0.3) is 0 Å². The van der Waals surface area contributed by atoms with Gasteiger partial charge in [-0.25, -0.2) is 0 Å². The number of hydrogen-bond acceptors (Lipinski definition) is 4. The van der Waals surface area contributed by atoms with Gasteiger partial charge >= 0.3 is 0 Å². The van der Waals surface area contributed by atoms with Crippen LogP contribution in [0.1, 0.15) is 36.6 Å². The van der Waals surface area contributed by atoms with Crippen molar-refractivity contribution in [3.63, 3.8) is 0 Å². The Bertz CT molecular complexity index is 458. The van der Waals surface area contributed by atoms with E-state index in [2.05, 4.69) is 22.0 Å². The van der Waals surface area contributed by atoms with Crippen molar-refractivity contribution in [2.75, 3.05) is 11.4 Å². The van der Waals surface area contributed by atoms with Crippen LogP contribution in [0.5, 0.6) is 0 Å². The summed E-state index contributed by atoms with van der Waals surface area (Å²) in [6, 6.07) is 0.486. The van der Waals surface area contributed by atoms with Gasteiger partial charge in [0.25, 0.3) is 0 Å². The van der Waals surface area contributed by atoms with E-state index in [1.807, 2.05) is 13.8 Å². The van der Waals surface area contributed by atoms with Gasteiger partial charge in [-0.2, -0.15) is 5.10 Å². The van der Waals surface area contributed by atoms with Crippen molar-refractivity contribution >= 4 is 23.0 Å². The van der Waals surface area contributed by atoms with Crippen LogP contribution in [0.3, 0.4) is 0 Å². The number of aromatic nitrogens is 2. The lowest BCUT2D eigenvalue weighted by Crippen LogP contribution is -2.31.